The summed E-state index contributed by atoms with van der Waals surface area (Å²) in [6.45, 7) is 6.60. The summed E-state index contributed by atoms with van der Waals surface area (Å²) in [4.78, 5) is 0.450. The predicted octanol–water partition coefficient (Wildman–Crippen LogP) is 4.67. The van der Waals surface area contributed by atoms with Gasteiger partial charge in [0.15, 0.2) is 0 Å². The molecular weight excluding hydrogens is 456 g/mol. The molecule has 0 aliphatic carbocycles. The van der Waals surface area contributed by atoms with Gasteiger partial charge in [0.05, 0.1) is 9.79 Å². The van der Waals surface area contributed by atoms with E-state index in [4.69, 9.17) is 0 Å². The first-order valence-corrected chi connectivity index (χ1v) is 13.8. The number of nitrogens with one attached hydrogen (secondary N) is 1. The molecule has 0 fully saturated rings. The van der Waals surface area contributed by atoms with Gasteiger partial charge in [-0.1, -0.05) is 49.7 Å². The van der Waals surface area contributed by atoms with Crippen LogP contribution in [0.3, 0.4) is 0 Å². The molecule has 1 heterocycles. The highest BCUT2D eigenvalue weighted by Gasteiger charge is 2.28. The van der Waals surface area contributed by atoms with Crippen molar-refractivity contribution in [3.63, 3.8) is 0 Å². The quantitative estimate of drug-likeness (QED) is 0.551. The Morgan fingerprint density at radius 3 is 2.09 bits per heavy atom. The molecule has 0 radical (unpaired) electrons. The molecule has 1 aliphatic heterocycles. The molecule has 0 atom stereocenters. The minimum absolute atomic E-state index is 0.188. The number of rotatable bonds is 6. The molecular formula is C25H28N2O4S2. The Bertz CT molecular complexity index is 1360. The van der Waals surface area contributed by atoms with Crippen molar-refractivity contribution in [1.82, 2.24) is 4.31 Å². The lowest BCUT2D eigenvalue weighted by Crippen LogP contribution is -2.36. The molecule has 3 aromatic rings. The average molecular weight is 485 g/mol. The summed E-state index contributed by atoms with van der Waals surface area (Å²) < 4.78 is 56.0. The Hall–Kier alpha value is -2.68. The highest BCUT2D eigenvalue weighted by atomic mass is 32.2. The van der Waals surface area contributed by atoms with E-state index in [-0.39, 0.29) is 16.3 Å². The summed E-state index contributed by atoms with van der Waals surface area (Å²) in [6, 6.07) is 19.0. The third kappa shape index (κ3) is 4.98. The number of nitrogens with zero attached hydrogens (tertiary/aromatic N) is 1. The molecule has 6 nitrogen and oxygen atoms in total. The van der Waals surface area contributed by atoms with E-state index in [1.807, 2.05) is 25.1 Å². The maximum atomic E-state index is 13.1. The van der Waals surface area contributed by atoms with Gasteiger partial charge in [0, 0.05) is 18.8 Å². The molecule has 0 saturated heterocycles. The minimum Gasteiger partial charge on any atom is -0.280 e. The number of hydrogen-bond donors (Lipinski definition) is 1. The van der Waals surface area contributed by atoms with Crippen LogP contribution in [0.25, 0.3) is 0 Å². The van der Waals surface area contributed by atoms with Crippen molar-refractivity contribution in [3.8, 4) is 0 Å². The molecule has 0 saturated carbocycles. The van der Waals surface area contributed by atoms with Crippen LogP contribution < -0.4 is 4.72 Å². The van der Waals surface area contributed by atoms with Crippen LogP contribution >= 0.6 is 0 Å². The highest BCUT2D eigenvalue weighted by molar-refractivity contribution is 7.92. The number of fused-ring (bicyclic) bond motifs is 1. The third-order valence-corrected chi connectivity index (χ3v) is 9.21. The molecule has 0 aromatic heterocycles. The summed E-state index contributed by atoms with van der Waals surface area (Å²) in [6.07, 6.45) is 0.574. The number of sulfonamides is 2. The molecule has 8 heteroatoms. The van der Waals surface area contributed by atoms with Gasteiger partial charge in [0.2, 0.25) is 10.0 Å². The number of hydrogen-bond acceptors (Lipinski definition) is 4. The first-order chi connectivity index (χ1) is 15.6. The normalized spacial score (nSPS) is 14.8. The Labute approximate surface area is 196 Å². The van der Waals surface area contributed by atoms with Gasteiger partial charge >= 0.3 is 0 Å². The smallest absolute Gasteiger partial charge is 0.261 e. The van der Waals surface area contributed by atoms with Crippen molar-refractivity contribution in [2.45, 2.75) is 49.4 Å². The average Bonchev–Trinajstić information content (AvgIpc) is 2.78. The van der Waals surface area contributed by atoms with Gasteiger partial charge in [0.25, 0.3) is 10.0 Å². The van der Waals surface area contributed by atoms with Crippen molar-refractivity contribution >= 4 is 25.7 Å². The van der Waals surface area contributed by atoms with E-state index in [0.717, 1.165) is 22.3 Å². The van der Waals surface area contributed by atoms with E-state index in [9.17, 15) is 16.8 Å². The van der Waals surface area contributed by atoms with E-state index in [2.05, 4.69) is 18.6 Å². The maximum Gasteiger partial charge on any atom is 0.261 e. The fraction of sp³-hybridized carbons (Fsp3) is 0.280. The van der Waals surface area contributed by atoms with Crippen molar-refractivity contribution in [2.24, 2.45) is 0 Å². The molecule has 0 bridgehead atoms. The lowest BCUT2D eigenvalue weighted by atomic mass is 10.0. The van der Waals surface area contributed by atoms with Crippen LogP contribution in [-0.2, 0) is 33.0 Å². The van der Waals surface area contributed by atoms with Crippen molar-refractivity contribution in [1.29, 1.82) is 0 Å². The molecule has 0 spiro atoms. The molecule has 33 heavy (non-hydrogen) atoms. The summed E-state index contributed by atoms with van der Waals surface area (Å²) >= 11 is 0. The lowest BCUT2D eigenvalue weighted by Gasteiger charge is -2.28. The number of anilines is 1. The second-order valence-corrected chi connectivity index (χ2v) is 12.3. The van der Waals surface area contributed by atoms with Gasteiger partial charge in [-0.15, -0.1) is 0 Å². The molecule has 0 amide bonds. The first-order valence-electron chi connectivity index (χ1n) is 10.9. The molecule has 1 aliphatic rings. The zero-order valence-electron chi connectivity index (χ0n) is 18.9. The fourth-order valence-electron chi connectivity index (χ4n) is 3.91. The van der Waals surface area contributed by atoms with Crippen LogP contribution in [0.15, 0.2) is 76.5 Å². The zero-order valence-corrected chi connectivity index (χ0v) is 20.6. The predicted molar refractivity (Wildman–Crippen MR) is 130 cm³/mol. The van der Waals surface area contributed by atoms with E-state index >= 15 is 0 Å². The van der Waals surface area contributed by atoms with Crippen LogP contribution in [-0.4, -0.2) is 27.7 Å². The summed E-state index contributed by atoms with van der Waals surface area (Å²) in [5.41, 5.74) is 4.30. The summed E-state index contributed by atoms with van der Waals surface area (Å²) in [7, 11) is -7.38. The fourth-order valence-corrected chi connectivity index (χ4v) is 6.37. The first kappa shape index (κ1) is 23.5. The summed E-state index contributed by atoms with van der Waals surface area (Å²) in [5.74, 6) is 0.314. The standard InChI is InChI=1S/C25H28N2O4S2/c1-18(2)20-7-12-24(13-8-20)32(28,29)26-23-9-6-21-14-15-27(17-22(21)16-23)33(30,31)25-10-4-19(3)5-11-25/h4-13,16,18,26H,14-15,17H2,1-3H3. The highest BCUT2D eigenvalue weighted by Crippen LogP contribution is 2.28. The Kier molecular flexibility index (Phi) is 6.35. The van der Waals surface area contributed by atoms with Crippen LogP contribution in [0.4, 0.5) is 5.69 Å². The van der Waals surface area contributed by atoms with E-state index in [1.54, 1.807) is 48.5 Å². The van der Waals surface area contributed by atoms with Crippen LogP contribution in [0.2, 0.25) is 0 Å². The Morgan fingerprint density at radius 1 is 0.818 bits per heavy atom. The van der Waals surface area contributed by atoms with Gasteiger partial charge in [0.1, 0.15) is 0 Å². The minimum atomic E-state index is -3.75. The largest absolute Gasteiger partial charge is 0.280 e. The van der Waals surface area contributed by atoms with E-state index < -0.39 is 20.0 Å². The van der Waals surface area contributed by atoms with Gasteiger partial charge < -0.3 is 0 Å². The molecule has 4 rings (SSSR count). The van der Waals surface area contributed by atoms with Gasteiger partial charge in [-0.05, 0) is 72.4 Å². The van der Waals surface area contributed by atoms with Crippen molar-refractivity contribution < 1.29 is 16.8 Å². The number of aryl methyl sites for hydroxylation is 1. The number of benzene rings is 3. The summed E-state index contributed by atoms with van der Waals surface area (Å²) in [5, 5.41) is 0. The van der Waals surface area contributed by atoms with Gasteiger partial charge in [-0.3, -0.25) is 4.72 Å². The second-order valence-electron chi connectivity index (χ2n) is 8.71. The van der Waals surface area contributed by atoms with E-state index in [1.165, 1.54) is 4.31 Å². The molecule has 174 valence electrons. The van der Waals surface area contributed by atoms with E-state index in [0.29, 0.717) is 24.6 Å². The Balaban J connectivity index is 1.56. The van der Waals surface area contributed by atoms with Crippen molar-refractivity contribution in [2.75, 3.05) is 11.3 Å². The zero-order chi connectivity index (χ0) is 23.8. The van der Waals surface area contributed by atoms with Crippen LogP contribution in [0.1, 0.15) is 42.0 Å². The van der Waals surface area contributed by atoms with Crippen LogP contribution in [0, 0.1) is 6.92 Å². The van der Waals surface area contributed by atoms with Gasteiger partial charge in [-0.2, -0.15) is 4.31 Å². The van der Waals surface area contributed by atoms with Crippen molar-refractivity contribution in [3.05, 3.63) is 89.0 Å². The van der Waals surface area contributed by atoms with Gasteiger partial charge in [-0.25, -0.2) is 16.8 Å². The maximum absolute atomic E-state index is 13.1. The topological polar surface area (TPSA) is 83.6 Å². The SMILES string of the molecule is Cc1ccc(S(=O)(=O)N2CCc3ccc(NS(=O)(=O)c4ccc(C(C)C)cc4)cc3C2)cc1. The van der Waals surface area contributed by atoms with Crippen LogP contribution in [0.5, 0.6) is 0 Å². The lowest BCUT2D eigenvalue weighted by molar-refractivity contribution is 0.391. The Morgan fingerprint density at radius 2 is 1.45 bits per heavy atom. The molecule has 0 unspecified atom stereocenters. The molecule has 1 N–H and O–H groups in total. The monoisotopic (exact) mass is 484 g/mol. The molecule has 3 aromatic carbocycles. The second kappa shape index (κ2) is 8.93. The third-order valence-electron chi connectivity index (χ3n) is 5.95.